The van der Waals surface area contributed by atoms with Crippen molar-refractivity contribution in [2.24, 2.45) is 0 Å². The fourth-order valence-corrected chi connectivity index (χ4v) is 4.70. The van der Waals surface area contributed by atoms with Crippen molar-refractivity contribution in [3.63, 3.8) is 0 Å². The number of hydrogen-bond acceptors (Lipinski definition) is 6. The molecule has 2 N–H and O–H groups in total. The molecule has 0 bridgehead atoms. The number of halogens is 2. The molecule has 1 aromatic heterocycles. The van der Waals surface area contributed by atoms with Crippen molar-refractivity contribution in [1.29, 1.82) is 0 Å². The van der Waals surface area contributed by atoms with Crippen LogP contribution < -0.4 is 10.0 Å². The maximum Gasteiger partial charge on any atom is 0.252 e. The molecule has 3 rings (SSSR count). The summed E-state index contributed by atoms with van der Waals surface area (Å²) in [5.41, 5.74) is 0.0483. The smallest absolute Gasteiger partial charge is 0.252 e. The van der Waals surface area contributed by atoms with Gasteiger partial charge in [0.05, 0.1) is 15.6 Å². The third kappa shape index (κ3) is 5.69. The van der Waals surface area contributed by atoms with Gasteiger partial charge in [-0.1, -0.05) is 42.2 Å². The number of amides is 1. The predicted molar refractivity (Wildman–Crippen MR) is 109 cm³/mol. The van der Waals surface area contributed by atoms with E-state index in [4.69, 9.17) is 27.7 Å². The first-order chi connectivity index (χ1) is 13.7. The molecule has 1 saturated carbocycles. The number of sulfonamides is 1. The molecule has 0 radical (unpaired) electrons. The molecule has 0 saturated heterocycles. The van der Waals surface area contributed by atoms with E-state index < -0.39 is 15.9 Å². The highest BCUT2D eigenvalue weighted by Gasteiger charge is 2.30. The highest BCUT2D eigenvalue weighted by molar-refractivity contribution is 7.89. The van der Waals surface area contributed by atoms with E-state index in [0.717, 1.165) is 12.8 Å². The molecular weight excluding hydrogens is 439 g/mol. The van der Waals surface area contributed by atoms with Crippen LogP contribution in [-0.4, -0.2) is 37.1 Å². The number of hydrogen-bond donors (Lipinski definition) is 2. The number of carbonyl (C=O) groups is 1. The Hall–Kier alpha value is -1.68. The Morgan fingerprint density at radius 3 is 2.62 bits per heavy atom. The van der Waals surface area contributed by atoms with E-state index in [1.807, 2.05) is 13.8 Å². The standard InChI is InChI=1S/C18H22Cl2N4O4S/c1-10(2)17-22-16(28-23-17)4-3-7-21-18(25)12-8-15(14(20)9-13(12)19)29(26,27)24-11-5-6-11/h8-11,24H,3-7H2,1-2H3,(H,21,25). The lowest BCUT2D eigenvalue weighted by Gasteiger charge is -2.11. The van der Waals surface area contributed by atoms with Crippen LogP contribution >= 0.6 is 23.2 Å². The van der Waals surface area contributed by atoms with Crippen molar-refractivity contribution in [3.8, 4) is 0 Å². The largest absolute Gasteiger partial charge is 0.352 e. The summed E-state index contributed by atoms with van der Waals surface area (Å²) in [6.45, 7) is 4.28. The van der Waals surface area contributed by atoms with Gasteiger partial charge in [-0.05, 0) is 31.4 Å². The molecule has 0 unspecified atom stereocenters. The van der Waals surface area contributed by atoms with Gasteiger partial charge in [-0.3, -0.25) is 4.79 Å². The molecule has 1 fully saturated rings. The first-order valence-electron chi connectivity index (χ1n) is 9.29. The molecule has 1 amide bonds. The van der Waals surface area contributed by atoms with Gasteiger partial charge < -0.3 is 9.84 Å². The Bertz CT molecular complexity index is 1000. The van der Waals surface area contributed by atoms with Gasteiger partial charge in [0.1, 0.15) is 4.90 Å². The normalized spacial score (nSPS) is 14.4. The zero-order valence-corrected chi connectivity index (χ0v) is 18.4. The Morgan fingerprint density at radius 2 is 2.00 bits per heavy atom. The second kappa shape index (κ2) is 8.99. The molecule has 0 atom stereocenters. The first kappa shape index (κ1) is 22.0. The number of nitrogens with zero attached hydrogens (tertiary/aromatic N) is 2. The van der Waals surface area contributed by atoms with Crippen LogP contribution in [0.2, 0.25) is 10.0 Å². The number of nitrogens with one attached hydrogen (secondary N) is 2. The summed E-state index contributed by atoms with van der Waals surface area (Å²) in [7, 11) is -3.81. The quantitative estimate of drug-likeness (QED) is 0.554. The summed E-state index contributed by atoms with van der Waals surface area (Å²) in [5, 5.41) is 6.66. The van der Waals surface area contributed by atoms with Gasteiger partial charge >= 0.3 is 0 Å². The lowest BCUT2D eigenvalue weighted by Crippen LogP contribution is -2.28. The monoisotopic (exact) mass is 460 g/mol. The Morgan fingerprint density at radius 1 is 1.28 bits per heavy atom. The molecule has 158 valence electrons. The van der Waals surface area contributed by atoms with Gasteiger partial charge in [0.15, 0.2) is 5.82 Å². The minimum atomic E-state index is -3.81. The van der Waals surface area contributed by atoms with Gasteiger partial charge in [0.25, 0.3) is 5.91 Å². The highest BCUT2D eigenvalue weighted by Crippen LogP contribution is 2.30. The molecule has 2 aromatic rings. The molecule has 11 heteroatoms. The summed E-state index contributed by atoms with van der Waals surface area (Å²) in [6.07, 6.45) is 2.66. The van der Waals surface area contributed by atoms with E-state index in [2.05, 4.69) is 20.2 Å². The average molecular weight is 461 g/mol. The third-order valence-corrected chi connectivity index (χ3v) is 6.61. The van der Waals surface area contributed by atoms with Crippen LogP contribution in [0, 0.1) is 0 Å². The fourth-order valence-electron chi connectivity index (χ4n) is 2.53. The summed E-state index contributed by atoms with van der Waals surface area (Å²) in [6, 6.07) is 2.40. The average Bonchev–Trinajstić information content (AvgIpc) is 3.30. The van der Waals surface area contributed by atoms with E-state index in [9.17, 15) is 13.2 Å². The van der Waals surface area contributed by atoms with E-state index in [1.165, 1.54) is 12.1 Å². The van der Waals surface area contributed by atoms with Crippen molar-refractivity contribution in [3.05, 3.63) is 39.5 Å². The van der Waals surface area contributed by atoms with E-state index in [0.29, 0.717) is 31.1 Å². The second-order valence-electron chi connectivity index (χ2n) is 7.22. The second-order valence-corrected chi connectivity index (χ2v) is 9.72. The molecule has 1 aromatic carbocycles. The topological polar surface area (TPSA) is 114 Å². The van der Waals surface area contributed by atoms with Crippen LogP contribution in [-0.2, 0) is 16.4 Å². The van der Waals surface area contributed by atoms with Gasteiger partial charge in [0, 0.05) is 24.9 Å². The van der Waals surface area contributed by atoms with Crippen molar-refractivity contribution in [2.75, 3.05) is 6.54 Å². The summed E-state index contributed by atoms with van der Waals surface area (Å²) < 4.78 is 32.6. The van der Waals surface area contributed by atoms with Gasteiger partial charge in [0.2, 0.25) is 15.9 Å². The Labute approximate surface area is 179 Å². The van der Waals surface area contributed by atoms with Crippen LogP contribution in [0.4, 0.5) is 0 Å². The summed E-state index contributed by atoms with van der Waals surface area (Å²) in [5.74, 6) is 0.847. The fraction of sp³-hybridized carbons (Fsp3) is 0.500. The number of aromatic nitrogens is 2. The summed E-state index contributed by atoms with van der Waals surface area (Å²) >= 11 is 12.2. The van der Waals surface area contributed by atoms with Crippen LogP contribution in [0.3, 0.4) is 0 Å². The number of aryl methyl sites for hydroxylation is 1. The molecule has 1 aliphatic carbocycles. The predicted octanol–water partition coefficient (Wildman–Crippen LogP) is 3.30. The SMILES string of the molecule is CC(C)c1noc(CCCNC(=O)c2cc(S(=O)(=O)NC3CC3)c(Cl)cc2Cl)n1. The minimum absolute atomic E-state index is 0.0305. The highest BCUT2D eigenvalue weighted by atomic mass is 35.5. The maximum absolute atomic E-state index is 12.5. The zero-order chi connectivity index (χ0) is 21.2. The molecule has 1 aliphatic rings. The lowest BCUT2D eigenvalue weighted by molar-refractivity contribution is 0.0953. The van der Waals surface area contributed by atoms with Crippen LogP contribution in [0.15, 0.2) is 21.6 Å². The van der Waals surface area contributed by atoms with E-state index in [1.54, 1.807) is 0 Å². The lowest BCUT2D eigenvalue weighted by atomic mass is 10.2. The third-order valence-electron chi connectivity index (χ3n) is 4.31. The number of rotatable bonds is 9. The molecule has 0 spiro atoms. The molecule has 0 aliphatic heterocycles. The van der Waals surface area contributed by atoms with Crippen LogP contribution in [0.5, 0.6) is 0 Å². The molecule has 1 heterocycles. The molecular formula is C18H22Cl2N4O4S. The van der Waals surface area contributed by atoms with E-state index >= 15 is 0 Å². The van der Waals surface area contributed by atoms with E-state index in [-0.39, 0.29) is 32.5 Å². The maximum atomic E-state index is 12.5. The van der Waals surface area contributed by atoms with Gasteiger partial charge in [-0.25, -0.2) is 13.1 Å². The Kier molecular flexibility index (Phi) is 6.83. The Balaban J connectivity index is 1.61. The summed E-state index contributed by atoms with van der Waals surface area (Å²) in [4.78, 5) is 16.6. The molecule has 8 nitrogen and oxygen atoms in total. The van der Waals surface area contributed by atoms with Gasteiger partial charge in [-0.2, -0.15) is 4.98 Å². The number of benzene rings is 1. The van der Waals surface area contributed by atoms with Crippen LogP contribution in [0.25, 0.3) is 0 Å². The van der Waals surface area contributed by atoms with Crippen LogP contribution in [0.1, 0.15) is 61.1 Å². The molecule has 29 heavy (non-hydrogen) atoms. The van der Waals surface area contributed by atoms with Crippen molar-refractivity contribution < 1.29 is 17.7 Å². The first-order valence-corrected chi connectivity index (χ1v) is 11.5. The van der Waals surface area contributed by atoms with Crippen molar-refractivity contribution >= 4 is 39.1 Å². The number of carbonyl (C=O) groups excluding carboxylic acids is 1. The van der Waals surface area contributed by atoms with Gasteiger partial charge in [-0.15, -0.1) is 0 Å². The van der Waals surface area contributed by atoms with Crippen molar-refractivity contribution in [1.82, 2.24) is 20.2 Å². The minimum Gasteiger partial charge on any atom is -0.352 e. The zero-order valence-electron chi connectivity index (χ0n) is 16.0. The van der Waals surface area contributed by atoms with Crippen molar-refractivity contribution in [2.45, 2.75) is 56.4 Å².